The Hall–Kier alpha value is -1.95. The van der Waals surface area contributed by atoms with Gasteiger partial charge >= 0.3 is 5.97 Å². The van der Waals surface area contributed by atoms with E-state index in [9.17, 15) is 9.18 Å². The topological polar surface area (TPSA) is 75.2 Å². The lowest BCUT2D eigenvalue weighted by Gasteiger charge is -1.95. The minimum absolute atomic E-state index is 0.126. The monoisotopic (exact) mass is 252 g/mol. The highest BCUT2D eigenvalue weighted by molar-refractivity contribution is 6.00. The van der Waals surface area contributed by atoms with Gasteiger partial charge in [-0.3, -0.25) is 0 Å². The van der Waals surface area contributed by atoms with Crippen LogP contribution in [0.1, 0.15) is 22.6 Å². The van der Waals surface area contributed by atoms with Gasteiger partial charge in [-0.2, -0.15) is 0 Å². The van der Waals surface area contributed by atoms with Gasteiger partial charge in [0.05, 0.1) is 11.1 Å². The number of hydrogen-bond acceptors (Lipinski definition) is 3. The van der Waals surface area contributed by atoms with E-state index in [4.69, 9.17) is 9.84 Å². The Balaban J connectivity index is 2.37. The van der Waals surface area contributed by atoms with Gasteiger partial charge in [-0.15, -0.1) is 0 Å². The van der Waals surface area contributed by atoms with Crippen molar-refractivity contribution >= 4 is 17.0 Å². The van der Waals surface area contributed by atoms with E-state index in [2.05, 4.69) is 9.97 Å². The second kappa shape index (κ2) is 5.14. The number of benzene rings is 1. The first kappa shape index (κ1) is 12.5. The quantitative estimate of drug-likeness (QED) is 0.798. The highest BCUT2D eigenvalue weighted by Crippen LogP contribution is 2.19. The minimum Gasteiger partial charge on any atom is -0.478 e. The molecular formula is C12H13FN2O3. The summed E-state index contributed by atoms with van der Waals surface area (Å²) >= 11 is 0. The van der Waals surface area contributed by atoms with Crippen molar-refractivity contribution in [2.24, 2.45) is 0 Å². The Labute approximate surface area is 103 Å². The van der Waals surface area contributed by atoms with Gasteiger partial charge in [0.1, 0.15) is 17.2 Å². The number of fused-ring (bicyclic) bond motifs is 1. The van der Waals surface area contributed by atoms with Crippen LogP contribution in [-0.4, -0.2) is 34.8 Å². The van der Waals surface area contributed by atoms with Gasteiger partial charge in [-0.1, -0.05) is 0 Å². The van der Waals surface area contributed by atoms with Crippen LogP contribution < -0.4 is 0 Å². The Bertz CT molecular complexity index is 580. The first-order valence-electron chi connectivity index (χ1n) is 5.52. The number of aryl methyl sites for hydroxylation is 1. The highest BCUT2D eigenvalue weighted by Gasteiger charge is 2.14. The molecule has 0 aliphatic heterocycles. The zero-order chi connectivity index (χ0) is 13.1. The maximum atomic E-state index is 13.2. The average molecular weight is 252 g/mol. The lowest BCUT2D eigenvalue weighted by atomic mass is 10.2. The fourth-order valence-corrected chi connectivity index (χ4v) is 1.80. The van der Waals surface area contributed by atoms with Crippen molar-refractivity contribution in [3.05, 3.63) is 29.3 Å². The molecule has 1 heterocycles. The van der Waals surface area contributed by atoms with Crippen LogP contribution in [0.5, 0.6) is 0 Å². The number of ether oxygens (including phenoxy) is 1. The van der Waals surface area contributed by atoms with Crippen LogP contribution >= 0.6 is 0 Å². The summed E-state index contributed by atoms with van der Waals surface area (Å²) in [7, 11) is 1.61. The van der Waals surface area contributed by atoms with Crippen molar-refractivity contribution in [3.63, 3.8) is 0 Å². The maximum absolute atomic E-state index is 13.2. The number of carboxylic acid groups (broad SMARTS) is 1. The summed E-state index contributed by atoms with van der Waals surface area (Å²) in [4.78, 5) is 18.1. The molecule has 0 saturated heterocycles. The van der Waals surface area contributed by atoms with E-state index in [0.29, 0.717) is 24.4 Å². The third-order valence-corrected chi connectivity index (χ3v) is 2.59. The molecule has 0 fully saturated rings. The first-order chi connectivity index (χ1) is 8.61. The van der Waals surface area contributed by atoms with Gasteiger partial charge < -0.3 is 14.8 Å². The molecule has 2 rings (SSSR count). The number of aromatic amines is 1. The molecule has 0 bridgehead atoms. The predicted molar refractivity (Wildman–Crippen MR) is 63.2 cm³/mol. The summed E-state index contributed by atoms with van der Waals surface area (Å²) in [6, 6.07) is 2.22. The van der Waals surface area contributed by atoms with E-state index in [1.165, 1.54) is 6.07 Å². The molecule has 5 nitrogen and oxygen atoms in total. The van der Waals surface area contributed by atoms with Crippen LogP contribution in [0, 0.1) is 5.82 Å². The zero-order valence-electron chi connectivity index (χ0n) is 9.86. The third kappa shape index (κ3) is 2.48. The molecular weight excluding hydrogens is 239 g/mol. The van der Waals surface area contributed by atoms with Crippen molar-refractivity contribution in [3.8, 4) is 0 Å². The Morgan fingerprint density at radius 1 is 1.56 bits per heavy atom. The summed E-state index contributed by atoms with van der Waals surface area (Å²) in [5.74, 6) is -1.14. The van der Waals surface area contributed by atoms with Crippen molar-refractivity contribution in [1.82, 2.24) is 9.97 Å². The average Bonchev–Trinajstić information content (AvgIpc) is 2.70. The Morgan fingerprint density at radius 3 is 3.00 bits per heavy atom. The fraction of sp³-hybridized carbons (Fsp3) is 0.333. The van der Waals surface area contributed by atoms with Crippen molar-refractivity contribution in [1.29, 1.82) is 0 Å². The van der Waals surface area contributed by atoms with Crippen LogP contribution in [-0.2, 0) is 11.2 Å². The summed E-state index contributed by atoms with van der Waals surface area (Å²) < 4.78 is 18.2. The number of carbonyl (C=O) groups is 1. The molecule has 1 aromatic carbocycles. The standard InChI is InChI=1S/C12H13FN2O3/c1-18-4-2-3-10-14-9-6-7(13)5-8(12(16)17)11(9)15-10/h5-6H,2-4H2,1H3,(H,14,15)(H,16,17). The fourth-order valence-electron chi connectivity index (χ4n) is 1.80. The molecule has 0 radical (unpaired) electrons. The van der Waals surface area contributed by atoms with Gasteiger partial charge in [0, 0.05) is 20.1 Å². The number of aromatic nitrogens is 2. The minimum atomic E-state index is -1.19. The van der Waals surface area contributed by atoms with E-state index in [1.807, 2.05) is 0 Å². The molecule has 6 heteroatoms. The number of halogens is 1. The zero-order valence-corrected chi connectivity index (χ0v) is 9.86. The van der Waals surface area contributed by atoms with Gasteiger partial charge in [0.2, 0.25) is 0 Å². The molecule has 18 heavy (non-hydrogen) atoms. The third-order valence-electron chi connectivity index (χ3n) is 2.59. The van der Waals surface area contributed by atoms with Gasteiger partial charge in [0.25, 0.3) is 0 Å². The molecule has 0 spiro atoms. The number of H-pyrrole nitrogens is 1. The van der Waals surface area contributed by atoms with E-state index in [1.54, 1.807) is 7.11 Å². The number of methoxy groups -OCH3 is 1. The normalized spacial score (nSPS) is 11.0. The molecule has 1 aromatic heterocycles. The number of rotatable bonds is 5. The number of hydrogen-bond donors (Lipinski definition) is 2. The summed E-state index contributed by atoms with van der Waals surface area (Å²) in [5, 5.41) is 8.99. The van der Waals surface area contributed by atoms with Gasteiger partial charge in [0.15, 0.2) is 0 Å². The Morgan fingerprint density at radius 2 is 2.33 bits per heavy atom. The number of nitrogens with zero attached hydrogens (tertiary/aromatic N) is 1. The van der Waals surface area contributed by atoms with Crippen LogP contribution in [0.25, 0.3) is 11.0 Å². The van der Waals surface area contributed by atoms with Crippen molar-refractivity contribution in [2.75, 3.05) is 13.7 Å². The smallest absolute Gasteiger partial charge is 0.338 e. The SMILES string of the molecule is COCCCc1nc2c(C(=O)O)cc(F)cc2[nH]1. The maximum Gasteiger partial charge on any atom is 0.338 e. The predicted octanol–water partition coefficient (Wildman–Crippen LogP) is 1.98. The second-order valence-electron chi connectivity index (χ2n) is 3.93. The first-order valence-corrected chi connectivity index (χ1v) is 5.52. The second-order valence-corrected chi connectivity index (χ2v) is 3.93. The van der Waals surface area contributed by atoms with Crippen LogP contribution in [0.4, 0.5) is 4.39 Å². The van der Waals surface area contributed by atoms with Crippen LogP contribution in [0.3, 0.4) is 0 Å². The molecule has 2 aromatic rings. The van der Waals surface area contributed by atoms with E-state index < -0.39 is 11.8 Å². The number of aromatic carboxylic acids is 1. The van der Waals surface area contributed by atoms with Gasteiger partial charge in [-0.05, 0) is 18.6 Å². The molecule has 0 unspecified atom stereocenters. The van der Waals surface area contributed by atoms with Gasteiger partial charge in [-0.25, -0.2) is 14.2 Å². The molecule has 2 N–H and O–H groups in total. The summed E-state index contributed by atoms with van der Waals surface area (Å²) in [6.45, 7) is 0.594. The summed E-state index contributed by atoms with van der Waals surface area (Å²) in [5.41, 5.74) is 0.565. The number of imidazole rings is 1. The molecule has 96 valence electrons. The molecule has 0 aliphatic carbocycles. The van der Waals surface area contributed by atoms with Crippen LogP contribution in [0.15, 0.2) is 12.1 Å². The highest BCUT2D eigenvalue weighted by atomic mass is 19.1. The molecule has 0 aliphatic rings. The lowest BCUT2D eigenvalue weighted by Crippen LogP contribution is -1.98. The molecule has 0 atom stereocenters. The lowest BCUT2D eigenvalue weighted by molar-refractivity contribution is 0.0698. The van der Waals surface area contributed by atoms with E-state index >= 15 is 0 Å². The summed E-state index contributed by atoms with van der Waals surface area (Å²) in [6.07, 6.45) is 1.39. The van der Waals surface area contributed by atoms with E-state index in [0.717, 1.165) is 12.5 Å². The largest absolute Gasteiger partial charge is 0.478 e. The van der Waals surface area contributed by atoms with Crippen LogP contribution in [0.2, 0.25) is 0 Å². The Kier molecular flexibility index (Phi) is 3.57. The van der Waals surface area contributed by atoms with E-state index in [-0.39, 0.29) is 11.1 Å². The van der Waals surface area contributed by atoms with Crippen molar-refractivity contribution in [2.45, 2.75) is 12.8 Å². The van der Waals surface area contributed by atoms with Crippen molar-refractivity contribution < 1.29 is 19.0 Å². The number of carboxylic acids is 1. The number of nitrogens with one attached hydrogen (secondary N) is 1. The molecule has 0 saturated carbocycles. The molecule has 0 amide bonds.